The number of rotatable bonds is 5. The first kappa shape index (κ1) is 16.7. The van der Waals surface area contributed by atoms with Gasteiger partial charge >= 0.3 is 0 Å². The Kier molecular flexibility index (Phi) is 4.95. The van der Waals surface area contributed by atoms with Crippen LogP contribution in [0.25, 0.3) is 0 Å². The fourth-order valence-corrected chi connectivity index (χ4v) is 2.09. The summed E-state index contributed by atoms with van der Waals surface area (Å²) in [6.07, 6.45) is 0.768. The Morgan fingerprint density at radius 3 is 2.10 bits per heavy atom. The highest BCUT2D eigenvalue weighted by atomic mass is 16.1. The fourth-order valence-electron chi connectivity index (χ4n) is 2.09. The van der Waals surface area contributed by atoms with E-state index in [9.17, 15) is 4.79 Å². The lowest BCUT2D eigenvalue weighted by Gasteiger charge is -2.24. The second kappa shape index (κ2) is 5.94. The number of benzene rings is 1. The number of hydrogen-bond donors (Lipinski definition) is 3. The predicted molar refractivity (Wildman–Crippen MR) is 83.1 cm³/mol. The largest absolute Gasteiger partial charge is 0.352 e. The lowest BCUT2D eigenvalue weighted by Crippen LogP contribution is -2.35. The standard InChI is InChI=1S/C16H27N3O/c1-11(20)19-10-13-6-12(9-15(2,3)17)7-14(8-13)16(4,5)18/h6-8H,9-10,17-18H2,1-5H3,(H,19,20). The molecule has 0 aliphatic heterocycles. The van der Waals surface area contributed by atoms with E-state index in [0.717, 1.165) is 23.1 Å². The molecule has 0 saturated heterocycles. The van der Waals surface area contributed by atoms with Crippen molar-refractivity contribution in [1.29, 1.82) is 0 Å². The fraction of sp³-hybridized carbons (Fsp3) is 0.562. The molecule has 0 aromatic heterocycles. The summed E-state index contributed by atoms with van der Waals surface area (Å²) < 4.78 is 0. The van der Waals surface area contributed by atoms with Crippen molar-refractivity contribution in [3.8, 4) is 0 Å². The van der Waals surface area contributed by atoms with E-state index in [0.29, 0.717) is 6.54 Å². The molecule has 1 amide bonds. The molecule has 1 aromatic carbocycles. The van der Waals surface area contributed by atoms with Gasteiger partial charge in [0.15, 0.2) is 0 Å². The minimum atomic E-state index is -0.417. The average molecular weight is 277 g/mol. The molecule has 1 aromatic rings. The van der Waals surface area contributed by atoms with E-state index in [1.807, 2.05) is 33.8 Å². The maximum absolute atomic E-state index is 11.1. The summed E-state index contributed by atoms with van der Waals surface area (Å²) in [7, 11) is 0. The molecule has 0 unspecified atom stereocenters. The maximum Gasteiger partial charge on any atom is 0.217 e. The first-order valence-electron chi connectivity index (χ1n) is 6.93. The third-order valence-corrected chi connectivity index (χ3v) is 3.00. The Hall–Kier alpha value is -1.39. The van der Waals surface area contributed by atoms with Crippen LogP contribution in [0.3, 0.4) is 0 Å². The van der Waals surface area contributed by atoms with Crippen molar-refractivity contribution in [2.45, 2.75) is 58.7 Å². The van der Waals surface area contributed by atoms with Crippen molar-refractivity contribution in [3.63, 3.8) is 0 Å². The van der Waals surface area contributed by atoms with Gasteiger partial charge < -0.3 is 16.8 Å². The Labute approximate surface area is 121 Å². The number of nitrogens with two attached hydrogens (primary N) is 2. The highest BCUT2D eigenvalue weighted by molar-refractivity contribution is 5.72. The Morgan fingerprint density at radius 2 is 1.65 bits per heavy atom. The molecule has 0 heterocycles. The van der Waals surface area contributed by atoms with Gasteiger partial charge in [0.2, 0.25) is 5.91 Å². The Morgan fingerprint density at radius 1 is 1.10 bits per heavy atom. The van der Waals surface area contributed by atoms with Crippen LogP contribution >= 0.6 is 0 Å². The lowest BCUT2D eigenvalue weighted by atomic mass is 9.88. The van der Waals surface area contributed by atoms with Crippen molar-refractivity contribution < 1.29 is 4.79 Å². The van der Waals surface area contributed by atoms with Crippen LogP contribution in [0.5, 0.6) is 0 Å². The number of nitrogens with one attached hydrogen (secondary N) is 1. The van der Waals surface area contributed by atoms with Gasteiger partial charge in [0.05, 0.1) is 0 Å². The van der Waals surface area contributed by atoms with Crippen LogP contribution in [0.1, 0.15) is 51.3 Å². The van der Waals surface area contributed by atoms with Crippen molar-refractivity contribution in [3.05, 3.63) is 34.9 Å². The van der Waals surface area contributed by atoms with Crippen molar-refractivity contribution in [2.75, 3.05) is 0 Å². The van der Waals surface area contributed by atoms with Gasteiger partial charge in [-0.2, -0.15) is 0 Å². The molecular formula is C16H27N3O. The molecular weight excluding hydrogens is 250 g/mol. The van der Waals surface area contributed by atoms with Crippen LogP contribution in [-0.4, -0.2) is 11.4 Å². The molecule has 0 aliphatic carbocycles. The second-order valence-corrected chi connectivity index (χ2v) is 6.83. The van der Waals surface area contributed by atoms with Gasteiger partial charge in [0, 0.05) is 24.5 Å². The van der Waals surface area contributed by atoms with E-state index in [2.05, 4.69) is 17.4 Å². The first-order chi connectivity index (χ1) is 8.97. The molecule has 0 fully saturated rings. The molecule has 20 heavy (non-hydrogen) atoms. The highest BCUT2D eigenvalue weighted by Crippen LogP contribution is 2.22. The van der Waals surface area contributed by atoms with Crippen LogP contribution in [0.2, 0.25) is 0 Å². The van der Waals surface area contributed by atoms with E-state index >= 15 is 0 Å². The zero-order valence-electron chi connectivity index (χ0n) is 13.2. The summed E-state index contributed by atoms with van der Waals surface area (Å²) in [5, 5.41) is 2.82. The number of amides is 1. The third-order valence-electron chi connectivity index (χ3n) is 3.00. The van der Waals surface area contributed by atoms with Gasteiger partial charge in [-0.05, 0) is 50.8 Å². The minimum Gasteiger partial charge on any atom is -0.352 e. The van der Waals surface area contributed by atoms with E-state index in [1.165, 1.54) is 6.92 Å². The number of carbonyl (C=O) groups excluding carboxylic acids is 1. The van der Waals surface area contributed by atoms with Crippen molar-refractivity contribution >= 4 is 5.91 Å². The summed E-state index contributed by atoms with van der Waals surface area (Å²) in [6.45, 7) is 9.98. The monoisotopic (exact) mass is 277 g/mol. The summed E-state index contributed by atoms with van der Waals surface area (Å²) in [4.78, 5) is 11.1. The third kappa shape index (κ3) is 5.72. The van der Waals surface area contributed by atoms with Crippen LogP contribution in [0, 0.1) is 0 Å². The SMILES string of the molecule is CC(=O)NCc1cc(CC(C)(C)N)cc(C(C)(C)N)c1. The summed E-state index contributed by atoms with van der Waals surface area (Å²) in [5.41, 5.74) is 14.9. The van der Waals surface area contributed by atoms with Crippen LogP contribution < -0.4 is 16.8 Å². The number of hydrogen-bond acceptors (Lipinski definition) is 3. The molecule has 4 heteroatoms. The van der Waals surface area contributed by atoms with Gasteiger partial charge in [0.1, 0.15) is 0 Å². The van der Waals surface area contributed by atoms with Gasteiger partial charge in [-0.25, -0.2) is 0 Å². The Balaban J connectivity index is 3.11. The molecule has 5 N–H and O–H groups in total. The first-order valence-corrected chi connectivity index (χ1v) is 6.93. The summed E-state index contributed by atoms with van der Waals surface area (Å²) in [5.74, 6) is -0.0388. The zero-order chi connectivity index (χ0) is 15.6. The quantitative estimate of drug-likeness (QED) is 0.767. The van der Waals surface area contributed by atoms with E-state index in [4.69, 9.17) is 11.5 Å². The molecule has 0 radical (unpaired) electrons. The predicted octanol–water partition coefficient (Wildman–Crippen LogP) is 1.80. The van der Waals surface area contributed by atoms with E-state index in [1.54, 1.807) is 0 Å². The van der Waals surface area contributed by atoms with Crippen LogP contribution in [0.4, 0.5) is 0 Å². The van der Waals surface area contributed by atoms with Gasteiger partial charge in [-0.15, -0.1) is 0 Å². The van der Waals surface area contributed by atoms with Crippen LogP contribution in [0.15, 0.2) is 18.2 Å². The molecule has 0 atom stereocenters. The molecule has 4 nitrogen and oxygen atoms in total. The summed E-state index contributed by atoms with van der Waals surface area (Å²) in [6, 6.07) is 6.23. The van der Waals surface area contributed by atoms with Gasteiger partial charge in [0.25, 0.3) is 0 Å². The molecule has 0 aliphatic rings. The Bertz CT molecular complexity index is 481. The summed E-state index contributed by atoms with van der Waals surface area (Å²) >= 11 is 0. The smallest absolute Gasteiger partial charge is 0.217 e. The van der Waals surface area contributed by atoms with Crippen molar-refractivity contribution in [2.24, 2.45) is 11.5 Å². The molecule has 1 rings (SSSR count). The maximum atomic E-state index is 11.1. The molecule has 0 saturated carbocycles. The molecule has 112 valence electrons. The topological polar surface area (TPSA) is 81.1 Å². The van der Waals surface area contributed by atoms with E-state index in [-0.39, 0.29) is 11.4 Å². The highest BCUT2D eigenvalue weighted by Gasteiger charge is 2.18. The molecule has 0 spiro atoms. The van der Waals surface area contributed by atoms with Gasteiger partial charge in [-0.3, -0.25) is 4.79 Å². The average Bonchev–Trinajstić information content (AvgIpc) is 2.22. The second-order valence-electron chi connectivity index (χ2n) is 6.83. The van der Waals surface area contributed by atoms with Crippen LogP contribution in [-0.2, 0) is 23.3 Å². The lowest BCUT2D eigenvalue weighted by molar-refractivity contribution is -0.119. The van der Waals surface area contributed by atoms with E-state index < -0.39 is 5.54 Å². The van der Waals surface area contributed by atoms with Crippen molar-refractivity contribution in [1.82, 2.24) is 5.32 Å². The zero-order valence-corrected chi connectivity index (χ0v) is 13.2. The minimum absolute atomic E-state index is 0.0388. The molecule has 0 bridgehead atoms. The van der Waals surface area contributed by atoms with Gasteiger partial charge in [-0.1, -0.05) is 18.2 Å². The number of carbonyl (C=O) groups is 1. The normalized spacial score (nSPS) is 12.3.